The SMILES string of the molecule is COc1ccc(F)cc1S(=O)(=O)N(C)CC(=O)Nc1ccc(CC(=O)N2CCCC2)cc1. The number of carbonyl (C=O) groups is 2. The highest BCUT2D eigenvalue weighted by atomic mass is 32.2. The molecule has 3 rings (SSSR count). The first-order chi connectivity index (χ1) is 15.2. The fraction of sp³-hybridized carbons (Fsp3) is 0.364. The number of rotatable bonds is 8. The van der Waals surface area contributed by atoms with Crippen LogP contribution in [-0.4, -0.2) is 63.2 Å². The summed E-state index contributed by atoms with van der Waals surface area (Å²) in [6, 6.07) is 9.98. The van der Waals surface area contributed by atoms with Crippen molar-refractivity contribution in [3.63, 3.8) is 0 Å². The topological polar surface area (TPSA) is 96.0 Å². The lowest BCUT2D eigenvalue weighted by Gasteiger charge is -2.18. The number of nitrogens with zero attached hydrogens (tertiary/aromatic N) is 2. The molecule has 0 spiro atoms. The minimum Gasteiger partial charge on any atom is -0.495 e. The van der Waals surface area contributed by atoms with Crippen molar-refractivity contribution in [2.45, 2.75) is 24.2 Å². The molecular weight excluding hydrogens is 437 g/mol. The van der Waals surface area contributed by atoms with Crippen LogP contribution in [0.1, 0.15) is 18.4 Å². The predicted octanol–water partition coefficient (Wildman–Crippen LogP) is 2.26. The van der Waals surface area contributed by atoms with Crippen molar-refractivity contribution >= 4 is 27.5 Å². The molecule has 0 atom stereocenters. The highest BCUT2D eigenvalue weighted by Gasteiger charge is 2.27. The van der Waals surface area contributed by atoms with Crippen LogP contribution in [0.25, 0.3) is 0 Å². The smallest absolute Gasteiger partial charge is 0.247 e. The summed E-state index contributed by atoms with van der Waals surface area (Å²) in [5, 5.41) is 2.63. The van der Waals surface area contributed by atoms with Gasteiger partial charge in [0.25, 0.3) is 0 Å². The first kappa shape index (κ1) is 23.7. The zero-order valence-electron chi connectivity index (χ0n) is 18.0. The van der Waals surface area contributed by atoms with Crippen molar-refractivity contribution in [3.05, 3.63) is 53.8 Å². The molecule has 1 N–H and O–H groups in total. The Labute approximate surface area is 187 Å². The zero-order valence-corrected chi connectivity index (χ0v) is 18.8. The molecule has 1 aliphatic heterocycles. The fourth-order valence-electron chi connectivity index (χ4n) is 3.47. The molecule has 172 valence electrons. The number of halogens is 1. The van der Waals surface area contributed by atoms with E-state index in [1.54, 1.807) is 24.3 Å². The van der Waals surface area contributed by atoms with E-state index in [0.29, 0.717) is 12.1 Å². The van der Waals surface area contributed by atoms with Crippen LogP contribution in [0.4, 0.5) is 10.1 Å². The molecule has 32 heavy (non-hydrogen) atoms. The normalized spacial score (nSPS) is 13.9. The van der Waals surface area contributed by atoms with Crippen LogP contribution < -0.4 is 10.1 Å². The molecule has 0 aromatic heterocycles. The Morgan fingerprint density at radius 1 is 1.12 bits per heavy atom. The number of likely N-dealkylation sites (N-methyl/N-ethyl adjacent to an activating group) is 1. The average molecular weight is 464 g/mol. The maximum atomic E-state index is 13.6. The molecule has 0 saturated carbocycles. The molecule has 0 unspecified atom stereocenters. The van der Waals surface area contributed by atoms with Crippen molar-refractivity contribution in [1.29, 1.82) is 0 Å². The second-order valence-corrected chi connectivity index (χ2v) is 9.58. The van der Waals surface area contributed by atoms with Crippen molar-refractivity contribution in [3.8, 4) is 5.75 Å². The summed E-state index contributed by atoms with van der Waals surface area (Å²) >= 11 is 0. The summed E-state index contributed by atoms with van der Waals surface area (Å²) in [6.45, 7) is 1.12. The van der Waals surface area contributed by atoms with Gasteiger partial charge in [-0.3, -0.25) is 9.59 Å². The van der Waals surface area contributed by atoms with Crippen LogP contribution in [0.2, 0.25) is 0 Å². The second-order valence-electron chi connectivity index (χ2n) is 7.57. The van der Waals surface area contributed by atoms with Crippen LogP contribution in [0, 0.1) is 5.82 Å². The molecule has 10 heteroatoms. The third-order valence-corrected chi connectivity index (χ3v) is 7.06. The number of hydrogen-bond donors (Lipinski definition) is 1. The Balaban J connectivity index is 1.60. The molecule has 2 aromatic carbocycles. The summed E-state index contributed by atoms with van der Waals surface area (Å²) in [7, 11) is -1.65. The monoisotopic (exact) mass is 463 g/mol. The molecule has 2 amide bonds. The summed E-state index contributed by atoms with van der Waals surface area (Å²) < 4.78 is 45.0. The molecular formula is C22H26FN3O5S. The Morgan fingerprint density at radius 3 is 2.41 bits per heavy atom. The Kier molecular flexibility index (Phi) is 7.47. The van der Waals surface area contributed by atoms with E-state index < -0.39 is 28.3 Å². The van der Waals surface area contributed by atoms with E-state index in [4.69, 9.17) is 4.74 Å². The van der Waals surface area contributed by atoms with Crippen LogP contribution in [0.15, 0.2) is 47.4 Å². The largest absolute Gasteiger partial charge is 0.495 e. The van der Waals surface area contributed by atoms with Gasteiger partial charge in [0, 0.05) is 25.8 Å². The van der Waals surface area contributed by atoms with Gasteiger partial charge in [-0.1, -0.05) is 12.1 Å². The number of likely N-dealkylation sites (tertiary alicyclic amines) is 1. The zero-order chi connectivity index (χ0) is 23.3. The number of carbonyl (C=O) groups excluding carboxylic acids is 2. The van der Waals surface area contributed by atoms with Gasteiger partial charge in [0.2, 0.25) is 21.8 Å². The van der Waals surface area contributed by atoms with Gasteiger partial charge in [0.05, 0.1) is 20.1 Å². The van der Waals surface area contributed by atoms with Crippen LogP contribution in [0.3, 0.4) is 0 Å². The summed E-state index contributed by atoms with van der Waals surface area (Å²) in [4.78, 5) is 26.1. The third-order valence-electron chi connectivity index (χ3n) is 5.23. The second kappa shape index (κ2) is 10.1. The van der Waals surface area contributed by atoms with Gasteiger partial charge >= 0.3 is 0 Å². The maximum absolute atomic E-state index is 13.6. The van der Waals surface area contributed by atoms with Crippen LogP contribution in [0.5, 0.6) is 5.75 Å². The van der Waals surface area contributed by atoms with E-state index in [9.17, 15) is 22.4 Å². The lowest BCUT2D eigenvalue weighted by molar-refractivity contribution is -0.129. The maximum Gasteiger partial charge on any atom is 0.247 e. The van der Waals surface area contributed by atoms with Crippen molar-refractivity contribution in [1.82, 2.24) is 9.21 Å². The first-order valence-corrected chi connectivity index (χ1v) is 11.6. The van der Waals surface area contributed by atoms with Gasteiger partial charge < -0.3 is 15.0 Å². The summed E-state index contributed by atoms with van der Waals surface area (Å²) in [5.74, 6) is -1.23. The number of ether oxygens (including phenoxy) is 1. The molecule has 1 fully saturated rings. The lowest BCUT2D eigenvalue weighted by Crippen LogP contribution is -2.35. The molecule has 8 nitrogen and oxygen atoms in total. The molecule has 0 aliphatic carbocycles. The van der Waals surface area contributed by atoms with Crippen molar-refractivity contribution < 1.29 is 27.1 Å². The minimum atomic E-state index is -4.15. The first-order valence-electron chi connectivity index (χ1n) is 10.2. The molecule has 0 radical (unpaired) electrons. The highest BCUT2D eigenvalue weighted by molar-refractivity contribution is 7.89. The number of hydrogen-bond acceptors (Lipinski definition) is 5. The molecule has 2 aromatic rings. The standard InChI is InChI=1S/C22H26FN3O5S/c1-25(32(29,30)20-14-17(23)7-10-19(20)31-2)15-21(27)24-18-8-5-16(6-9-18)13-22(28)26-11-3-4-12-26/h5-10,14H,3-4,11-13,15H2,1-2H3,(H,24,27). The van der Waals surface area contributed by atoms with Gasteiger partial charge in [0.15, 0.2) is 0 Å². The summed E-state index contributed by atoms with van der Waals surface area (Å²) in [6.07, 6.45) is 2.37. The third kappa shape index (κ3) is 5.63. The summed E-state index contributed by atoms with van der Waals surface area (Å²) in [5.41, 5.74) is 1.30. The number of benzene rings is 2. The Hall–Kier alpha value is -2.98. The van der Waals surface area contributed by atoms with Crippen molar-refractivity contribution in [2.75, 3.05) is 39.1 Å². The lowest BCUT2D eigenvalue weighted by atomic mass is 10.1. The van der Waals surface area contributed by atoms with Crippen molar-refractivity contribution in [2.24, 2.45) is 0 Å². The van der Waals surface area contributed by atoms with E-state index in [1.807, 2.05) is 4.90 Å². The van der Waals surface area contributed by atoms with Crippen LogP contribution >= 0.6 is 0 Å². The number of amides is 2. The predicted molar refractivity (Wildman–Crippen MR) is 117 cm³/mol. The van der Waals surface area contributed by atoms with E-state index in [-0.39, 0.29) is 16.6 Å². The number of methoxy groups -OCH3 is 1. The Bertz CT molecular complexity index is 1080. The Morgan fingerprint density at radius 2 is 1.78 bits per heavy atom. The molecule has 0 bridgehead atoms. The number of anilines is 1. The van der Waals surface area contributed by atoms with E-state index in [0.717, 1.165) is 47.9 Å². The fourth-order valence-corrected chi connectivity index (χ4v) is 4.76. The molecule has 1 aliphatic rings. The van der Waals surface area contributed by atoms with Crippen LogP contribution in [-0.2, 0) is 26.0 Å². The van der Waals surface area contributed by atoms with Gasteiger partial charge in [-0.15, -0.1) is 0 Å². The van der Waals surface area contributed by atoms with Gasteiger partial charge in [-0.2, -0.15) is 4.31 Å². The minimum absolute atomic E-state index is 0.0160. The molecule has 1 heterocycles. The van der Waals surface area contributed by atoms with Gasteiger partial charge in [-0.05, 0) is 48.7 Å². The van der Waals surface area contributed by atoms with E-state index in [1.165, 1.54) is 20.2 Å². The number of nitrogens with one attached hydrogen (secondary N) is 1. The number of sulfonamides is 1. The van der Waals surface area contributed by atoms with E-state index in [2.05, 4.69) is 5.32 Å². The molecule has 1 saturated heterocycles. The quantitative estimate of drug-likeness (QED) is 0.648. The average Bonchev–Trinajstić information content (AvgIpc) is 3.30. The van der Waals surface area contributed by atoms with Gasteiger partial charge in [-0.25, -0.2) is 12.8 Å². The van der Waals surface area contributed by atoms with Gasteiger partial charge in [0.1, 0.15) is 16.5 Å². The highest BCUT2D eigenvalue weighted by Crippen LogP contribution is 2.27. The van der Waals surface area contributed by atoms with E-state index >= 15 is 0 Å².